The fraction of sp³-hybridized carbons (Fsp3) is 0.556. The van der Waals surface area contributed by atoms with Crippen LogP contribution in [0.1, 0.15) is 84.6 Å². The summed E-state index contributed by atoms with van der Waals surface area (Å²) >= 11 is 0. The van der Waals surface area contributed by atoms with Crippen LogP contribution in [-0.4, -0.2) is 24.1 Å². The van der Waals surface area contributed by atoms with E-state index in [1.807, 2.05) is 32.9 Å². The van der Waals surface area contributed by atoms with Crippen LogP contribution in [0.5, 0.6) is 0 Å². The number of hydrogen-bond acceptors (Lipinski definition) is 3. The van der Waals surface area contributed by atoms with Gasteiger partial charge in [0.2, 0.25) is 5.91 Å². The molecule has 0 aliphatic heterocycles. The molecule has 0 radical (unpaired) electrons. The number of carbonyl (C=O) groups is 2. The monoisotopic (exact) mass is 440 g/mol. The van der Waals surface area contributed by atoms with Crippen molar-refractivity contribution >= 4 is 28.5 Å². The van der Waals surface area contributed by atoms with E-state index in [0.29, 0.717) is 19.4 Å². The van der Waals surface area contributed by atoms with Crippen molar-refractivity contribution in [3.63, 3.8) is 0 Å². The van der Waals surface area contributed by atoms with E-state index < -0.39 is 11.7 Å². The molecule has 5 heteroatoms. The summed E-state index contributed by atoms with van der Waals surface area (Å²) in [5.74, 6) is -0.0602. The minimum Gasteiger partial charge on any atom is -0.444 e. The smallest absolute Gasteiger partial charge is 0.407 e. The van der Waals surface area contributed by atoms with Crippen LogP contribution in [0.4, 0.5) is 10.5 Å². The van der Waals surface area contributed by atoms with Crippen molar-refractivity contribution in [1.29, 1.82) is 0 Å². The third-order valence-corrected chi connectivity index (χ3v) is 5.26. The number of aryl methyl sites for hydroxylation is 1. The van der Waals surface area contributed by atoms with Gasteiger partial charge < -0.3 is 15.4 Å². The molecule has 0 atom stereocenters. The van der Waals surface area contributed by atoms with Crippen LogP contribution in [0.15, 0.2) is 36.4 Å². The Balaban J connectivity index is 1.75. The highest BCUT2D eigenvalue weighted by molar-refractivity contribution is 5.94. The number of rotatable bonds is 12. The fourth-order valence-electron chi connectivity index (χ4n) is 3.61. The van der Waals surface area contributed by atoms with Crippen molar-refractivity contribution in [2.24, 2.45) is 0 Å². The SMILES string of the molecule is CCCCCCCCc1ccc2cc(NC(=O)CCCNC(=O)OC(C)(C)C)ccc2c1. The maximum atomic E-state index is 12.2. The molecule has 0 unspecified atom stereocenters. The van der Waals surface area contributed by atoms with Crippen molar-refractivity contribution in [1.82, 2.24) is 5.32 Å². The lowest BCUT2D eigenvalue weighted by atomic mass is 10.0. The van der Waals surface area contributed by atoms with Crippen LogP contribution in [0.2, 0.25) is 0 Å². The quantitative estimate of drug-likeness (QED) is 0.350. The molecule has 0 aliphatic carbocycles. The molecular weight excluding hydrogens is 400 g/mol. The van der Waals surface area contributed by atoms with Gasteiger partial charge in [-0.15, -0.1) is 0 Å². The molecule has 0 aromatic heterocycles. The number of hydrogen-bond donors (Lipinski definition) is 2. The molecular formula is C27H40N2O3. The van der Waals surface area contributed by atoms with E-state index in [9.17, 15) is 9.59 Å². The Hall–Kier alpha value is -2.56. The molecule has 2 aromatic rings. The number of carbonyl (C=O) groups excluding carboxylic acids is 2. The maximum absolute atomic E-state index is 12.2. The van der Waals surface area contributed by atoms with Gasteiger partial charge in [-0.3, -0.25) is 4.79 Å². The summed E-state index contributed by atoms with van der Waals surface area (Å²) in [5.41, 5.74) is 1.65. The Labute approximate surface area is 193 Å². The van der Waals surface area contributed by atoms with E-state index in [-0.39, 0.29) is 5.91 Å². The van der Waals surface area contributed by atoms with Gasteiger partial charge in [-0.05, 0) is 68.5 Å². The van der Waals surface area contributed by atoms with Gasteiger partial charge in [0.1, 0.15) is 5.60 Å². The first-order chi connectivity index (χ1) is 15.3. The molecule has 32 heavy (non-hydrogen) atoms. The molecule has 5 nitrogen and oxygen atoms in total. The summed E-state index contributed by atoms with van der Waals surface area (Å²) in [4.78, 5) is 23.9. The fourth-order valence-corrected chi connectivity index (χ4v) is 3.61. The van der Waals surface area contributed by atoms with E-state index in [4.69, 9.17) is 4.74 Å². The predicted octanol–water partition coefficient (Wildman–Crippen LogP) is 6.99. The van der Waals surface area contributed by atoms with Crippen LogP contribution in [-0.2, 0) is 16.0 Å². The van der Waals surface area contributed by atoms with Crippen molar-refractivity contribution in [2.45, 2.75) is 91.1 Å². The molecule has 2 N–H and O–H groups in total. The molecule has 2 amide bonds. The topological polar surface area (TPSA) is 67.4 Å². The number of fused-ring (bicyclic) bond motifs is 1. The lowest BCUT2D eigenvalue weighted by Crippen LogP contribution is -2.33. The third-order valence-electron chi connectivity index (χ3n) is 5.26. The summed E-state index contributed by atoms with van der Waals surface area (Å²) in [6.07, 6.45) is 9.43. The van der Waals surface area contributed by atoms with Crippen LogP contribution in [0.25, 0.3) is 10.8 Å². The lowest BCUT2D eigenvalue weighted by molar-refractivity contribution is -0.116. The van der Waals surface area contributed by atoms with E-state index in [1.54, 1.807) is 0 Å². The Kier molecular flexibility index (Phi) is 10.5. The van der Waals surface area contributed by atoms with Crippen molar-refractivity contribution in [3.8, 4) is 0 Å². The average molecular weight is 441 g/mol. The molecule has 176 valence electrons. The molecule has 0 aliphatic rings. The molecule has 2 rings (SSSR count). The van der Waals surface area contributed by atoms with E-state index in [2.05, 4.69) is 41.8 Å². The molecule has 0 saturated heterocycles. The van der Waals surface area contributed by atoms with Gasteiger partial charge in [0.05, 0.1) is 0 Å². The highest BCUT2D eigenvalue weighted by Gasteiger charge is 2.15. The van der Waals surface area contributed by atoms with Gasteiger partial charge in [0.15, 0.2) is 0 Å². The highest BCUT2D eigenvalue weighted by Crippen LogP contribution is 2.22. The second-order valence-corrected chi connectivity index (χ2v) is 9.49. The summed E-state index contributed by atoms with van der Waals surface area (Å²) in [5, 5.41) is 7.95. The third kappa shape index (κ3) is 10.2. The van der Waals surface area contributed by atoms with Gasteiger partial charge in [-0.1, -0.05) is 63.3 Å². The first-order valence-corrected chi connectivity index (χ1v) is 12.1. The van der Waals surface area contributed by atoms with Crippen LogP contribution in [0, 0.1) is 0 Å². The minimum atomic E-state index is -0.521. The minimum absolute atomic E-state index is 0.0602. The van der Waals surface area contributed by atoms with Crippen LogP contribution < -0.4 is 10.6 Å². The first-order valence-electron chi connectivity index (χ1n) is 12.1. The zero-order valence-electron chi connectivity index (χ0n) is 20.3. The number of anilines is 1. The molecule has 2 aromatic carbocycles. The van der Waals surface area contributed by atoms with Crippen LogP contribution >= 0.6 is 0 Å². The Morgan fingerprint density at radius 2 is 1.56 bits per heavy atom. The number of unbranched alkanes of at least 4 members (excludes halogenated alkanes) is 5. The number of benzene rings is 2. The van der Waals surface area contributed by atoms with Gasteiger partial charge in [0, 0.05) is 18.7 Å². The number of amides is 2. The Morgan fingerprint density at radius 1 is 0.875 bits per heavy atom. The van der Waals surface area contributed by atoms with E-state index in [0.717, 1.165) is 17.5 Å². The van der Waals surface area contributed by atoms with E-state index in [1.165, 1.54) is 49.5 Å². The largest absolute Gasteiger partial charge is 0.444 e. The van der Waals surface area contributed by atoms with Crippen molar-refractivity contribution < 1.29 is 14.3 Å². The summed E-state index contributed by atoms with van der Waals surface area (Å²) in [6.45, 7) is 8.11. The molecule has 0 saturated carbocycles. The standard InChI is InChI=1S/C27H40N2O3/c1-5-6-7-8-9-10-12-21-14-15-23-20-24(17-16-22(23)19-21)29-25(30)13-11-18-28-26(31)32-27(2,3)4/h14-17,19-20H,5-13,18H2,1-4H3,(H,28,31)(H,29,30). The van der Waals surface area contributed by atoms with Crippen molar-refractivity contribution in [2.75, 3.05) is 11.9 Å². The number of ether oxygens (including phenoxy) is 1. The second kappa shape index (κ2) is 13.1. The van der Waals surface area contributed by atoms with Gasteiger partial charge in [-0.2, -0.15) is 0 Å². The highest BCUT2D eigenvalue weighted by atomic mass is 16.6. The van der Waals surface area contributed by atoms with Gasteiger partial charge in [0.25, 0.3) is 0 Å². The Bertz CT molecular complexity index is 871. The molecule has 0 bridgehead atoms. The Morgan fingerprint density at radius 3 is 2.31 bits per heavy atom. The zero-order chi connectivity index (χ0) is 23.4. The van der Waals surface area contributed by atoms with Gasteiger partial charge in [-0.25, -0.2) is 4.79 Å². The first kappa shape index (κ1) is 25.7. The summed E-state index contributed by atoms with van der Waals surface area (Å²) in [7, 11) is 0. The lowest BCUT2D eigenvalue weighted by Gasteiger charge is -2.19. The van der Waals surface area contributed by atoms with Crippen molar-refractivity contribution in [3.05, 3.63) is 42.0 Å². The number of alkyl carbamates (subject to hydrolysis) is 1. The molecule has 0 heterocycles. The summed E-state index contributed by atoms with van der Waals surface area (Å²) in [6, 6.07) is 12.6. The molecule has 0 fully saturated rings. The zero-order valence-corrected chi connectivity index (χ0v) is 20.3. The normalized spacial score (nSPS) is 11.4. The molecule has 0 spiro atoms. The summed E-state index contributed by atoms with van der Waals surface area (Å²) < 4.78 is 5.18. The number of nitrogens with one attached hydrogen (secondary N) is 2. The maximum Gasteiger partial charge on any atom is 0.407 e. The average Bonchev–Trinajstić information content (AvgIpc) is 2.72. The van der Waals surface area contributed by atoms with E-state index >= 15 is 0 Å². The predicted molar refractivity (Wildman–Crippen MR) is 133 cm³/mol. The second-order valence-electron chi connectivity index (χ2n) is 9.49. The van der Waals surface area contributed by atoms with Gasteiger partial charge >= 0.3 is 6.09 Å². The van der Waals surface area contributed by atoms with Crippen LogP contribution in [0.3, 0.4) is 0 Å².